The van der Waals surface area contributed by atoms with Gasteiger partial charge in [0.2, 0.25) is 0 Å². The summed E-state index contributed by atoms with van der Waals surface area (Å²) in [4.78, 5) is 56.1. The van der Waals surface area contributed by atoms with E-state index in [1.54, 1.807) is 0 Å². The molecular formula is C28H24F6N2O4. The minimum absolute atomic E-state index is 0.0127. The van der Waals surface area contributed by atoms with Gasteiger partial charge >= 0.3 is 12.4 Å². The van der Waals surface area contributed by atoms with Gasteiger partial charge in [0.15, 0.2) is 0 Å². The van der Waals surface area contributed by atoms with E-state index in [9.17, 15) is 45.5 Å². The number of carbonyl (C=O) groups is 4. The fourth-order valence-corrected chi connectivity index (χ4v) is 6.90. The van der Waals surface area contributed by atoms with Crippen molar-refractivity contribution in [2.75, 3.05) is 0 Å². The normalized spacial score (nSPS) is 27.6. The number of rotatable bonds is 2. The summed E-state index contributed by atoms with van der Waals surface area (Å²) in [5.74, 6) is -5.73. The molecular weight excluding hydrogens is 542 g/mol. The summed E-state index contributed by atoms with van der Waals surface area (Å²) < 4.78 is 78.9. The number of halogens is 6. The molecule has 40 heavy (non-hydrogen) atoms. The van der Waals surface area contributed by atoms with Gasteiger partial charge in [0.1, 0.15) is 0 Å². The maximum Gasteiger partial charge on any atom is 0.391 e. The van der Waals surface area contributed by atoms with E-state index in [0.717, 1.165) is 9.80 Å². The predicted molar refractivity (Wildman–Crippen MR) is 129 cm³/mol. The zero-order chi connectivity index (χ0) is 28.7. The number of hydrogen-bond donors (Lipinski definition) is 0. The van der Waals surface area contributed by atoms with Crippen LogP contribution < -0.4 is 0 Å². The molecule has 2 saturated carbocycles. The first-order chi connectivity index (χ1) is 18.8. The second kappa shape index (κ2) is 9.04. The van der Waals surface area contributed by atoms with Crippen molar-refractivity contribution in [1.82, 2.24) is 9.80 Å². The van der Waals surface area contributed by atoms with Crippen molar-refractivity contribution in [2.24, 2.45) is 11.8 Å². The van der Waals surface area contributed by atoms with Crippen LogP contribution in [0.3, 0.4) is 0 Å². The predicted octanol–water partition coefficient (Wildman–Crippen LogP) is 6.27. The summed E-state index contributed by atoms with van der Waals surface area (Å²) >= 11 is 0. The molecule has 4 aliphatic rings. The van der Waals surface area contributed by atoms with Gasteiger partial charge in [-0.15, -0.1) is 0 Å². The van der Waals surface area contributed by atoms with Crippen molar-refractivity contribution in [1.29, 1.82) is 0 Å². The van der Waals surface area contributed by atoms with Gasteiger partial charge in [0.25, 0.3) is 23.6 Å². The van der Waals surface area contributed by atoms with Crippen LogP contribution in [0.25, 0.3) is 10.8 Å². The van der Waals surface area contributed by atoms with E-state index in [-0.39, 0.29) is 84.4 Å². The third-order valence-corrected chi connectivity index (χ3v) is 9.01. The van der Waals surface area contributed by atoms with Gasteiger partial charge in [-0.1, -0.05) is 0 Å². The Balaban J connectivity index is 1.32. The first-order valence-corrected chi connectivity index (χ1v) is 13.3. The molecule has 2 aromatic rings. The zero-order valence-electron chi connectivity index (χ0n) is 21.1. The van der Waals surface area contributed by atoms with Gasteiger partial charge < -0.3 is 0 Å². The molecule has 12 heteroatoms. The number of hydrogen-bond acceptors (Lipinski definition) is 4. The van der Waals surface area contributed by atoms with E-state index < -0.39 is 59.9 Å². The topological polar surface area (TPSA) is 74.8 Å². The fourth-order valence-electron chi connectivity index (χ4n) is 6.90. The van der Waals surface area contributed by atoms with E-state index in [4.69, 9.17) is 0 Å². The highest BCUT2D eigenvalue weighted by molar-refractivity contribution is 6.33. The Morgan fingerprint density at radius 1 is 0.475 bits per heavy atom. The zero-order valence-corrected chi connectivity index (χ0v) is 21.1. The van der Waals surface area contributed by atoms with E-state index in [2.05, 4.69) is 0 Å². The van der Waals surface area contributed by atoms with Crippen molar-refractivity contribution in [3.05, 3.63) is 46.5 Å². The van der Waals surface area contributed by atoms with E-state index in [1.165, 1.54) is 24.3 Å². The Hall–Kier alpha value is -3.44. The molecule has 0 unspecified atom stereocenters. The molecule has 4 amide bonds. The molecule has 6 nitrogen and oxygen atoms in total. The number of alkyl halides is 6. The van der Waals surface area contributed by atoms with Crippen LogP contribution in [-0.4, -0.2) is 57.9 Å². The standard InChI is InChI=1S/C28H24F6N2O4/c29-27(30,31)13-1-5-15(6-2-13)35-23(37)17-9-11-19-22-20(12-10-18(21(17)22)24(35)38)26(40)36(25(19)39)16-7-3-14(4-8-16)28(32,33)34/h9-16H,1-8H2. The Morgan fingerprint density at radius 2 is 0.725 bits per heavy atom. The Kier molecular flexibility index (Phi) is 6.05. The highest BCUT2D eigenvalue weighted by atomic mass is 19.4. The number of benzene rings is 2. The lowest BCUT2D eigenvalue weighted by Gasteiger charge is -2.40. The van der Waals surface area contributed by atoms with Crippen molar-refractivity contribution in [3.8, 4) is 0 Å². The molecule has 2 aromatic carbocycles. The molecule has 0 saturated heterocycles. The van der Waals surface area contributed by atoms with E-state index in [1.807, 2.05) is 0 Å². The minimum Gasteiger partial charge on any atom is -0.271 e. The Bertz CT molecular complexity index is 1270. The molecule has 0 N–H and O–H groups in total. The number of imide groups is 2. The summed E-state index contributed by atoms with van der Waals surface area (Å²) in [5, 5.41) is 0.291. The Labute approximate surface area is 224 Å². The lowest BCUT2D eigenvalue weighted by atomic mass is 9.81. The molecule has 0 spiro atoms. The summed E-state index contributed by atoms with van der Waals surface area (Å²) in [6.45, 7) is 0. The summed E-state index contributed by atoms with van der Waals surface area (Å²) in [5.41, 5.74) is 0.307. The summed E-state index contributed by atoms with van der Waals surface area (Å²) in [6.07, 6.45) is -9.43. The van der Waals surface area contributed by atoms with Crippen LogP contribution in [0.1, 0.15) is 92.8 Å². The average molecular weight is 566 g/mol. The number of amides is 4. The van der Waals surface area contributed by atoms with Gasteiger partial charge in [-0.25, -0.2) is 0 Å². The van der Waals surface area contributed by atoms with E-state index >= 15 is 0 Å². The van der Waals surface area contributed by atoms with Crippen molar-refractivity contribution >= 4 is 34.4 Å². The second-order valence-corrected chi connectivity index (χ2v) is 11.1. The largest absolute Gasteiger partial charge is 0.391 e. The number of nitrogens with zero attached hydrogens (tertiary/aromatic N) is 2. The third-order valence-electron chi connectivity index (χ3n) is 9.01. The van der Waals surface area contributed by atoms with Crippen molar-refractivity contribution in [3.63, 3.8) is 0 Å². The molecule has 0 radical (unpaired) electrons. The van der Waals surface area contributed by atoms with Crippen molar-refractivity contribution in [2.45, 2.75) is 75.8 Å². The molecule has 0 bridgehead atoms. The molecule has 0 atom stereocenters. The van der Waals surface area contributed by atoms with Crippen molar-refractivity contribution < 1.29 is 45.5 Å². The molecule has 2 aliphatic carbocycles. The lowest BCUT2D eigenvalue weighted by Crippen LogP contribution is -2.50. The first kappa shape index (κ1) is 26.8. The van der Waals surface area contributed by atoms with Crippen LogP contribution in [0.4, 0.5) is 26.3 Å². The molecule has 2 fully saturated rings. The maximum atomic E-state index is 13.5. The van der Waals surface area contributed by atoms with Gasteiger partial charge in [-0.05, 0) is 75.6 Å². The third kappa shape index (κ3) is 4.01. The van der Waals surface area contributed by atoms with Crippen LogP contribution >= 0.6 is 0 Å². The maximum absolute atomic E-state index is 13.5. The SMILES string of the molecule is O=C1c2ccc3c4c(ccc(c24)C(=O)N1C1CCC(C(F)(F)F)CC1)C(=O)N(C1CCC(C(F)(F)F)CC1)C3=O. The quantitative estimate of drug-likeness (QED) is 0.317. The first-order valence-electron chi connectivity index (χ1n) is 13.3. The smallest absolute Gasteiger partial charge is 0.271 e. The Morgan fingerprint density at radius 3 is 0.950 bits per heavy atom. The van der Waals surface area contributed by atoms with Crippen LogP contribution in [0.2, 0.25) is 0 Å². The highest BCUT2D eigenvalue weighted by Crippen LogP contribution is 2.44. The molecule has 0 aromatic heterocycles. The number of carbonyl (C=O) groups excluding carboxylic acids is 4. The van der Waals surface area contributed by atoms with Gasteiger partial charge in [0, 0.05) is 45.1 Å². The fraction of sp³-hybridized carbons (Fsp3) is 0.500. The lowest BCUT2D eigenvalue weighted by molar-refractivity contribution is -0.184. The van der Waals surface area contributed by atoms with E-state index in [0.29, 0.717) is 0 Å². The second-order valence-electron chi connectivity index (χ2n) is 11.1. The van der Waals surface area contributed by atoms with Gasteiger partial charge in [0.05, 0.1) is 11.8 Å². The summed E-state index contributed by atoms with van der Waals surface area (Å²) in [6, 6.07) is 4.08. The minimum atomic E-state index is -4.34. The molecule has 2 heterocycles. The van der Waals surface area contributed by atoms with Gasteiger partial charge in [-0.2, -0.15) is 26.3 Å². The van der Waals surface area contributed by atoms with Crippen LogP contribution in [0, 0.1) is 11.8 Å². The van der Waals surface area contributed by atoms with Crippen LogP contribution in [-0.2, 0) is 0 Å². The summed E-state index contributed by atoms with van der Waals surface area (Å²) in [7, 11) is 0. The molecule has 212 valence electrons. The van der Waals surface area contributed by atoms with Gasteiger partial charge in [-0.3, -0.25) is 29.0 Å². The van der Waals surface area contributed by atoms with Crippen LogP contribution in [0.15, 0.2) is 24.3 Å². The highest BCUT2D eigenvalue weighted by Gasteiger charge is 2.48. The van der Waals surface area contributed by atoms with Crippen LogP contribution in [0.5, 0.6) is 0 Å². The molecule has 6 rings (SSSR count). The molecule has 2 aliphatic heterocycles. The average Bonchev–Trinajstić information content (AvgIpc) is 2.90. The monoisotopic (exact) mass is 566 g/mol.